The van der Waals surface area contributed by atoms with Gasteiger partial charge in [-0.15, -0.1) is 12.6 Å². The fraction of sp³-hybridized carbons (Fsp3) is 1.00. The summed E-state index contributed by atoms with van der Waals surface area (Å²) in [4.78, 5) is 0. The monoisotopic (exact) mass is 93.0 g/mol. The minimum Gasteiger partial charge on any atom is -0.381 e. The highest BCUT2D eigenvalue weighted by atomic mass is 32.1. The lowest BCUT2D eigenvalue weighted by atomic mass is 10.7. The minimum absolute atomic E-state index is 0.225. The molecular formula is C2H7NOS. The summed E-state index contributed by atoms with van der Waals surface area (Å²) in [6.45, 7) is 0.225. The highest BCUT2D eigenvalue weighted by molar-refractivity contribution is 7.80. The molecule has 2 nitrogen and oxygen atoms in total. The van der Waals surface area contributed by atoms with Crippen LogP contribution in [0.15, 0.2) is 0 Å². The molecule has 32 valence electrons. The Hall–Kier alpha value is 0.270. The maximum atomic E-state index is 8.10. The summed E-state index contributed by atoms with van der Waals surface area (Å²) in [7, 11) is 0. The van der Waals surface area contributed by atoms with E-state index in [0.717, 1.165) is 0 Å². The van der Waals surface area contributed by atoms with Crippen LogP contribution in [0.1, 0.15) is 0 Å². The molecule has 0 radical (unpaired) electrons. The van der Waals surface area contributed by atoms with Gasteiger partial charge in [0.25, 0.3) is 0 Å². The molecule has 3 heteroatoms. The van der Waals surface area contributed by atoms with Gasteiger partial charge in [-0.2, -0.15) is 0 Å². The third kappa shape index (κ3) is 4.27. The average molecular weight is 93.2 g/mol. The van der Waals surface area contributed by atoms with Crippen LogP contribution >= 0.6 is 12.6 Å². The van der Waals surface area contributed by atoms with E-state index < -0.39 is 5.44 Å². The zero-order chi connectivity index (χ0) is 4.28. The minimum atomic E-state index is -0.644. The standard InChI is InChI=1S/C2H7NOS/c3-1-2(4)5/h2,4-5H,1,3H2. The van der Waals surface area contributed by atoms with Crippen LogP contribution < -0.4 is 5.73 Å². The van der Waals surface area contributed by atoms with E-state index >= 15 is 0 Å². The van der Waals surface area contributed by atoms with Crippen molar-refractivity contribution in [2.24, 2.45) is 5.73 Å². The van der Waals surface area contributed by atoms with Crippen molar-refractivity contribution in [1.29, 1.82) is 0 Å². The van der Waals surface area contributed by atoms with Crippen LogP contribution in [0, 0.1) is 0 Å². The molecule has 0 rings (SSSR count). The zero-order valence-corrected chi connectivity index (χ0v) is 3.65. The third-order valence-electron chi connectivity index (χ3n) is 0.211. The molecule has 0 aromatic carbocycles. The Bertz CT molecular complexity index is 23.6. The quantitative estimate of drug-likeness (QED) is 0.293. The van der Waals surface area contributed by atoms with Crippen molar-refractivity contribution in [3.05, 3.63) is 0 Å². The number of hydrogen-bond acceptors (Lipinski definition) is 3. The van der Waals surface area contributed by atoms with Crippen LogP contribution in [-0.4, -0.2) is 17.1 Å². The second-order valence-corrected chi connectivity index (χ2v) is 1.31. The van der Waals surface area contributed by atoms with E-state index in [9.17, 15) is 0 Å². The first-order chi connectivity index (χ1) is 2.27. The summed E-state index contributed by atoms with van der Waals surface area (Å²) in [5, 5.41) is 8.10. The third-order valence-corrected chi connectivity index (χ3v) is 0.422. The second kappa shape index (κ2) is 2.50. The number of aliphatic hydroxyl groups is 1. The van der Waals surface area contributed by atoms with Crippen LogP contribution in [0.2, 0.25) is 0 Å². The highest BCUT2D eigenvalue weighted by Gasteiger charge is 1.82. The first-order valence-electron chi connectivity index (χ1n) is 1.33. The lowest BCUT2D eigenvalue weighted by Gasteiger charge is -1.90. The Morgan fingerprint density at radius 2 is 2.20 bits per heavy atom. The van der Waals surface area contributed by atoms with E-state index in [-0.39, 0.29) is 6.54 Å². The Labute approximate surface area is 36.4 Å². The lowest BCUT2D eigenvalue weighted by Crippen LogP contribution is -2.11. The van der Waals surface area contributed by atoms with Crippen molar-refractivity contribution in [1.82, 2.24) is 0 Å². The lowest BCUT2D eigenvalue weighted by molar-refractivity contribution is 0.273. The van der Waals surface area contributed by atoms with Crippen molar-refractivity contribution < 1.29 is 5.11 Å². The summed E-state index contributed by atoms with van der Waals surface area (Å²) >= 11 is 3.53. The molecule has 0 saturated heterocycles. The molecule has 0 bridgehead atoms. The van der Waals surface area contributed by atoms with Crippen molar-refractivity contribution in [2.75, 3.05) is 6.54 Å². The Morgan fingerprint density at radius 1 is 2.00 bits per heavy atom. The number of hydrogen-bond donors (Lipinski definition) is 3. The molecule has 0 aromatic heterocycles. The summed E-state index contributed by atoms with van der Waals surface area (Å²) in [5.74, 6) is 0. The van der Waals surface area contributed by atoms with E-state index in [1.165, 1.54) is 0 Å². The van der Waals surface area contributed by atoms with E-state index in [2.05, 4.69) is 12.6 Å². The summed E-state index contributed by atoms with van der Waals surface area (Å²) in [6.07, 6.45) is 0. The van der Waals surface area contributed by atoms with Gasteiger partial charge in [-0.25, -0.2) is 0 Å². The van der Waals surface area contributed by atoms with Gasteiger partial charge in [0.1, 0.15) is 5.44 Å². The average Bonchev–Trinajstić information content (AvgIpc) is 1.38. The molecule has 0 heterocycles. The SMILES string of the molecule is NCC(O)S. The Balaban J connectivity index is 2.54. The van der Waals surface area contributed by atoms with E-state index in [1.54, 1.807) is 0 Å². The summed E-state index contributed by atoms with van der Waals surface area (Å²) < 4.78 is 0. The number of aliphatic hydroxyl groups excluding tert-OH is 1. The van der Waals surface area contributed by atoms with Gasteiger partial charge in [0.05, 0.1) is 0 Å². The molecule has 0 fully saturated rings. The molecule has 1 atom stereocenters. The van der Waals surface area contributed by atoms with Crippen LogP contribution in [0.25, 0.3) is 0 Å². The van der Waals surface area contributed by atoms with Gasteiger partial charge in [-0.1, -0.05) is 0 Å². The fourth-order valence-corrected chi connectivity index (χ4v) is 0. The van der Waals surface area contributed by atoms with E-state index in [0.29, 0.717) is 0 Å². The Kier molecular flexibility index (Phi) is 2.64. The van der Waals surface area contributed by atoms with Gasteiger partial charge in [0.15, 0.2) is 0 Å². The molecule has 0 aliphatic rings. The first kappa shape index (κ1) is 5.27. The van der Waals surface area contributed by atoms with Gasteiger partial charge < -0.3 is 10.8 Å². The largest absolute Gasteiger partial charge is 0.381 e. The maximum Gasteiger partial charge on any atom is 0.109 e. The van der Waals surface area contributed by atoms with Gasteiger partial charge in [0, 0.05) is 6.54 Å². The highest BCUT2D eigenvalue weighted by Crippen LogP contribution is 1.78. The predicted octanol–water partition coefficient (Wildman–Crippen LogP) is -0.807. The normalized spacial score (nSPS) is 15.0. The first-order valence-corrected chi connectivity index (χ1v) is 1.85. The van der Waals surface area contributed by atoms with Crippen LogP contribution in [0.3, 0.4) is 0 Å². The maximum absolute atomic E-state index is 8.10. The van der Waals surface area contributed by atoms with Crippen molar-refractivity contribution in [3.63, 3.8) is 0 Å². The molecule has 0 spiro atoms. The number of thiol groups is 1. The van der Waals surface area contributed by atoms with Gasteiger partial charge in [-0.05, 0) is 0 Å². The molecule has 3 N–H and O–H groups in total. The van der Waals surface area contributed by atoms with Crippen molar-refractivity contribution >= 4 is 12.6 Å². The van der Waals surface area contributed by atoms with Gasteiger partial charge >= 0.3 is 0 Å². The van der Waals surface area contributed by atoms with Crippen LogP contribution in [-0.2, 0) is 0 Å². The molecule has 0 aromatic rings. The van der Waals surface area contributed by atoms with Crippen LogP contribution in [0.5, 0.6) is 0 Å². The summed E-state index contributed by atoms with van der Waals surface area (Å²) in [6, 6.07) is 0. The second-order valence-electron chi connectivity index (χ2n) is 0.716. The number of rotatable bonds is 1. The number of nitrogens with two attached hydrogens (primary N) is 1. The molecule has 5 heavy (non-hydrogen) atoms. The smallest absolute Gasteiger partial charge is 0.109 e. The topological polar surface area (TPSA) is 46.2 Å². The zero-order valence-electron chi connectivity index (χ0n) is 2.76. The molecule has 0 saturated carbocycles. The van der Waals surface area contributed by atoms with Gasteiger partial charge in [-0.3, -0.25) is 0 Å². The predicted molar refractivity (Wildman–Crippen MR) is 24.0 cm³/mol. The van der Waals surface area contributed by atoms with Crippen molar-refractivity contribution in [2.45, 2.75) is 5.44 Å². The Morgan fingerprint density at radius 3 is 2.20 bits per heavy atom. The van der Waals surface area contributed by atoms with Gasteiger partial charge in [0.2, 0.25) is 0 Å². The summed E-state index contributed by atoms with van der Waals surface area (Å²) in [5.41, 5.74) is 4.20. The molecule has 1 unspecified atom stereocenters. The molecule has 0 amide bonds. The molecule has 0 aliphatic heterocycles. The fourth-order valence-electron chi connectivity index (χ4n) is 0. The van der Waals surface area contributed by atoms with Crippen LogP contribution in [0.4, 0.5) is 0 Å². The van der Waals surface area contributed by atoms with E-state index in [1.807, 2.05) is 0 Å². The van der Waals surface area contributed by atoms with E-state index in [4.69, 9.17) is 10.8 Å². The molecule has 0 aliphatic carbocycles. The van der Waals surface area contributed by atoms with Crippen molar-refractivity contribution in [3.8, 4) is 0 Å². The molecular weight excluding hydrogens is 86.1 g/mol.